The molecule has 0 saturated heterocycles. The molecule has 196 valence electrons. The zero-order chi connectivity index (χ0) is 27.9. The number of benzene rings is 8. The van der Waals surface area contributed by atoms with Gasteiger partial charge in [-0.25, -0.2) is 0 Å². The van der Waals surface area contributed by atoms with Crippen LogP contribution in [0.2, 0.25) is 0 Å². The zero-order valence-electron chi connectivity index (χ0n) is 23.2. The molecule has 0 heteroatoms. The second-order valence-electron chi connectivity index (χ2n) is 10.9. The van der Waals surface area contributed by atoms with Gasteiger partial charge >= 0.3 is 0 Å². The summed E-state index contributed by atoms with van der Waals surface area (Å²) < 4.78 is 0. The van der Waals surface area contributed by atoms with Crippen LogP contribution in [-0.2, 0) is 0 Å². The Hall–Kier alpha value is -5.46. The molecule has 0 spiro atoms. The molecule has 0 amide bonds. The Morgan fingerprint density at radius 1 is 0.167 bits per heavy atom. The van der Waals surface area contributed by atoms with E-state index in [1.807, 2.05) is 0 Å². The van der Waals surface area contributed by atoms with Crippen LogP contribution in [0.15, 0.2) is 170 Å². The smallest absolute Gasteiger partial charge is 0.00987 e. The Kier molecular flexibility index (Phi) is 5.90. The van der Waals surface area contributed by atoms with Crippen LogP contribution in [0.25, 0.3) is 76.8 Å². The lowest BCUT2D eigenvalue weighted by atomic mass is 9.86. The second kappa shape index (κ2) is 10.2. The number of fused-ring (bicyclic) bond motifs is 3. The molecule has 0 radical (unpaired) electrons. The van der Waals surface area contributed by atoms with Gasteiger partial charge in [0.1, 0.15) is 0 Å². The third kappa shape index (κ3) is 4.00. The van der Waals surface area contributed by atoms with Crippen LogP contribution in [0.4, 0.5) is 0 Å². The van der Waals surface area contributed by atoms with E-state index in [4.69, 9.17) is 0 Å². The highest BCUT2D eigenvalue weighted by atomic mass is 14.2. The van der Waals surface area contributed by atoms with Gasteiger partial charge in [-0.05, 0) is 76.8 Å². The first kappa shape index (κ1) is 24.3. The van der Waals surface area contributed by atoms with Gasteiger partial charge in [-0.2, -0.15) is 0 Å². The van der Waals surface area contributed by atoms with Crippen molar-refractivity contribution in [2.45, 2.75) is 0 Å². The number of hydrogen-bond acceptors (Lipinski definition) is 0. The summed E-state index contributed by atoms with van der Waals surface area (Å²) in [5.74, 6) is 0. The van der Waals surface area contributed by atoms with Gasteiger partial charge in [0, 0.05) is 0 Å². The van der Waals surface area contributed by atoms with Crippen molar-refractivity contribution in [2.75, 3.05) is 0 Å². The molecule has 0 aliphatic heterocycles. The first-order valence-corrected chi connectivity index (χ1v) is 14.5. The third-order valence-corrected chi connectivity index (χ3v) is 8.52. The molecule has 0 heterocycles. The molecular weight excluding hydrogens is 504 g/mol. The predicted octanol–water partition coefficient (Wildman–Crippen LogP) is 11.8. The molecule has 0 aromatic heterocycles. The molecule has 42 heavy (non-hydrogen) atoms. The van der Waals surface area contributed by atoms with E-state index in [0.717, 1.165) is 0 Å². The first-order chi connectivity index (χ1) is 20.9. The van der Waals surface area contributed by atoms with Crippen molar-refractivity contribution in [3.63, 3.8) is 0 Å². The Balaban J connectivity index is 1.34. The van der Waals surface area contributed by atoms with Gasteiger partial charge in [-0.1, -0.05) is 170 Å². The molecule has 0 fully saturated rings. The van der Waals surface area contributed by atoms with Gasteiger partial charge in [0.05, 0.1) is 0 Å². The summed E-state index contributed by atoms with van der Waals surface area (Å²) >= 11 is 0. The van der Waals surface area contributed by atoms with Gasteiger partial charge < -0.3 is 0 Å². The average molecular weight is 533 g/mol. The Labute approximate surface area is 246 Å². The molecule has 0 nitrogen and oxygen atoms in total. The third-order valence-electron chi connectivity index (χ3n) is 8.52. The Bertz CT molecular complexity index is 2060. The molecule has 0 bridgehead atoms. The Morgan fingerprint density at radius 3 is 0.667 bits per heavy atom. The van der Waals surface area contributed by atoms with Crippen LogP contribution in [-0.4, -0.2) is 0 Å². The summed E-state index contributed by atoms with van der Waals surface area (Å²) in [5.41, 5.74) is 10.1. The summed E-state index contributed by atoms with van der Waals surface area (Å²) in [7, 11) is 0. The minimum Gasteiger partial charge on any atom is -0.0622 e. The standard InChI is InChI=1S/C42H28/c1-3-13-29(14-4-1)31-23-25-39(35-19-9-7-17-33(31)35)41-27-28-42(38-22-12-11-21-37(38)41)40-26-24-32(30-15-5-2-6-16-30)34-18-8-10-20-36(34)40/h1-28H. The van der Waals surface area contributed by atoms with Gasteiger partial charge in [-0.15, -0.1) is 0 Å². The summed E-state index contributed by atoms with van der Waals surface area (Å²) in [5, 5.41) is 7.63. The van der Waals surface area contributed by atoms with Crippen molar-refractivity contribution >= 4 is 32.3 Å². The number of rotatable bonds is 4. The molecule has 0 unspecified atom stereocenters. The quantitative estimate of drug-likeness (QED) is 0.211. The number of hydrogen-bond donors (Lipinski definition) is 0. The SMILES string of the molecule is c1ccc(-c2ccc(-c3ccc(-c4ccc(-c5ccccc5)c5ccccc45)c4ccccc34)c3ccccc23)cc1. The minimum absolute atomic E-state index is 1.24. The highest BCUT2D eigenvalue weighted by Crippen LogP contribution is 2.43. The van der Waals surface area contributed by atoms with Gasteiger partial charge in [0.15, 0.2) is 0 Å². The molecule has 0 aliphatic rings. The first-order valence-electron chi connectivity index (χ1n) is 14.5. The van der Waals surface area contributed by atoms with Crippen molar-refractivity contribution < 1.29 is 0 Å². The zero-order valence-corrected chi connectivity index (χ0v) is 23.2. The summed E-state index contributed by atoms with van der Waals surface area (Å²) in [4.78, 5) is 0. The molecule has 0 N–H and O–H groups in total. The summed E-state index contributed by atoms with van der Waals surface area (Å²) in [6.07, 6.45) is 0. The van der Waals surface area contributed by atoms with E-state index in [-0.39, 0.29) is 0 Å². The van der Waals surface area contributed by atoms with E-state index in [1.54, 1.807) is 0 Å². The van der Waals surface area contributed by atoms with Crippen molar-refractivity contribution in [3.05, 3.63) is 170 Å². The van der Waals surface area contributed by atoms with Crippen molar-refractivity contribution in [3.8, 4) is 44.5 Å². The van der Waals surface area contributed by atoms with Crippen molar-refractivity contribution in [1.82, 2.24) is 0 Å². The van der Waals surface area contributed by atoms with Gasteiger partial charge in [0.2, 0.25) is 0 Å². The molecule has 0 atom stereocenters. The molecular formula is C42H28. The highest BCUT2D eigenvalue weighted by Gasteiger charge is 2.16. The predicted molar refractivity (Wildman–Crippen MR) is 181 cm³/mol. The monoisotopic (exact) mass is 532 g/mol. The van der Waals surface area contributed by atoms with E-state index in [1.165, 1.54) is 76.8 Å². The molecule has 8 aromatic rings. The summed E-state index contributed by atoms with van der Waals surface area (Å²) in [6.45, 7) is 0. The topological polar surface area (TPSA) is 0 Å². The second-order valence-corrected chi connectivity index (χ2v) is 10.9. The molecule has 8 aromatic carbocycles. The maximum Gasteiger partial charge on any atom is -0.00987 e. The highest BCUT2D eigenvalue weighted by molar-refractivity contribution is 6.15. The van der Waals surface area contributed by atoms with E-state index >= 15 is 0 Å². The molecule has 0 saturated carbocycles. The van der Waals surface area contributed by atoms with Crippen molar-refractivity contribution in [1.29, 1.82) is 0 Å². The lowest BCUT2D eigenvalue weighted by Gasteiger charge is -2.17. The minimum atomic E-state index is 1.24. The fourth-order valence-electron chi connectivity index (χ4n) is 6.58. The van der Waals surface area contributed by atoms with E-state index in [0.29, 0.717) is 0 Å². The van der Waals surface area contributed by atoms with Gasteiger partial charge in [0.25, 0.3) is 0 Å². The Morgan fingerprint density at radius 2 is 0.381 bits per heavy atom. The van der Waals surface area contributed by atoms with Gasteiger partial charge in [-0.3, -0.25) is 0 Å². The van der Waals surface area contributed by atoms with E-state index in [9.17, 15) is 0 Å². The van der Waals surface area contributed by atoms with Crippen LogP contribution in [0.3, 0.4) is 0 Å². The maximum absolute atomic E-state index is 2.32. The lowest BCUT2D eigenvalue weighted by molar-refractivity contribution is 1.63. The molecule has 0 aliphatic carbocycles. The fraction of sp³-hybridized carbons (Fsp3) is 0. The normalized spacial score (nSPS) is 11.3. The largest absolute Gasteiger partial charge is 0.0622 e. The average Bonchev–Trinajstić information content (AvgIpc) is 3.08. The maximum atomic E-state index is 2.32. The summed E-state index contributed by atoms with van der Waals surface area (Å²) in [6, 6.07) is 61.6. The van der Waals surface area contributed by atoms with Crippen LogP contribution < -0.4 is 0 Å². The van der Waals surface area contributed by atoms with Crippen LogP contribution in [0.5, 0.6) is 0 Å². The fourth-order valence-corrected chi connectivity index (χ4v) is 6.58. The van der Waals surface area contributed by atoms with Crippen LogP contribution in [0.1, 0.15) is 0 Å². The van der Waals surface area contributed by atoms with E-state index in [2.05, 4.69) is 170 Å². The van der Waals surface area contributed by atoms with Crippen molar-refractivity contribution in [2.24, 2.45) is 0 Å². The van der Waals surface area contributed by atoms with E-state index < -0.39 is 0 Å². The lowest BCUT2D eigenvalue weighted by Crippen LogP contribution is -1.90. The van der Waals surface area contributed by atoms with Crippen LogP contribution >= 0.6 is 0 Å². The van der Waals surface area contributed by atoms with Crippen LogP contribution in [0, 0.1) is 0 Å². The molecule has 8 rings (SSSR count).